The van der Waals surface area contributed by atoms with E-state index in [-0.39, 0.29) is 0 Å². The summed E-state index contributed by atoms with van der Waals surface area (Å²) >= 11 is 0. The van der Waals surface area contributed by atoms with Crippen LogP contribution in [0.25, 0.3) is 0 Å². The smallest absolute Gasteiger partial charge is 0.132 e. The van der Waals surface area contributed by atoms with Crippen LogP contribution >= 0.6 is 0 Å². The van der Waals surface area contributed by atoms with Gasteiger partial charge < -0.3 is 0 Å². The van der Waals surface area contributed by atoms with Crippen LogP contribution in [-0.2, 0) is 4.79 Å². The van der Waals surface area contributed by atoms with Crippen molar-refractivity contribution < 1.29 is 4.79 Å². The summed E-state index contributed by atoms with van der Waals surface area (Å²) in [6.45, 7) is 5.75. The van der Waals surface area contributed by atoms with Gasteiger partial charge in [0.1, 0.15) is 5.78 Å². The summed E-state index contributed by atoms with van der Waals surface area (Å²) in [5.74, 6) is 0.307. The Kier molecular flexibility index (Phi) is 7.54. The molecule has 0 saturated carbocycles. The summed E-state index contributed by atoms with van der Waals surface area (Å²) in [5, 5.41) is 0. The summed E-state index contributed by atoms with van der Waals surface area (Å²) in [5.41, 5.74) is 0. The van der Waals surface area contributed by atoms with Crippen molar-refractivity contribution in [3.05, 3.63) is 6.92 Å². The largest absolute Gasteiger partial charge is 0.300 e. The van der Waals surface area contributed by atoms with E-state index in [9.17, 15) is 4.79 Å². The van der Waals surface area contributed by atoms with Crippen LogP contribution in [0.2, 0.25) is 0 Å². The van der Waals surface area contributed by atoms with Crippen molar-refractivity contribution in [2.75, 3.05) is 0 Å². The molecule has 0 N–H and O–H groups in total. The highest BCUT2D eigenvalue weighted by atomic mass is 16.1. The van der Waals surface area contributed by atoms with Crippen molar-refractivity contribution in [3.8, 4) is 0 Å². The third-order valence-electron chi connectivity index (χ3n) is 1.84. The van der Waals surface area contributed by atoms with Crippen molar-refractivity contribution in [2.24, 2.45) is 0 Å². The molecule has 65 valence electrons. The number of rotatable bonds is 7. The van der Waals surface area contributed by atoms with Crippen LogP contribution < -0.4 is 0 Å². The number of unbranched alkanes of at least 4 members (excludes halogenated alkanes) is 4. The van der Waals surface area contributed by atoms with Gasteiger partial charge in [-0.25, -0.2) is 0 Å². The van der Waals surface area contributed by atoms with E-state index in [1.807, 2.05) is 0 Å². The third kappa shape index (κ3) is 7.57. The van der Waals surface area contributed by atoms with Crippen molar-refractivity contribution in [1.82, 2.24) is 0 Å². The van der Waals surface area contributed by atoms with E-state index >= 15 is 0 Å². The predicted octanol–water partition coefficient (Wildman–Crippen LogP) is 3.14. The fraction of sp³-hybridized carbons (Fsp3) is 0.800. The molecule has 0 rings (SSSR count). The molecule has 0 fully saturated rings. The molecule has 0 aliphatic rings. The van der Waals surface area contributed by atoms with Gasteiger partial charge in [0, 0.05) is 12.8 Å². The maximum atomic E-state index is 10.8. The minimum atomic E-state index is 0.307. The maximum absolute atomic E-state index is 10.8. The highest BCUT2D eigenvalue weighted by Crippen LogP contribution is 2.05. The van der Waals surface area contributed by atoms with Crippen LogP contribution in [0.5, 0.6) is 0 Å². The average Bonchev–Trinajstić information content (AvgIpc) is 2.04. The van der Waals surface area contributed by atoms with Gasteiger partial charge >= 0.3 is 0 Å². The Morgan fingerprint density at radius 1 is 1.18 bits per heavy atom. The van der Waals surface area contributed by atoms with Gasteiger partial charge in [0.25, 0.3) is 0 Å². The fourth-order valence-corrected chi connectivity index (χ4v) is 1.05. The molecule has 0 aliphatic carbocycles. The van der Waals surface area contributed by atoms with Gasteiger partial charge in [-0.1, -0.05) is 32.6 Å². The molecular formula is C10H19O. The topological polar surface area (TPSA) is 17.1 Å². The van der Waals surface area contributed by atoms with Gasteiger partial charge in [-0.3, -0.25) is 4.79 Å². The third-order valence-corrected chi connectivity index (χ3v) is 1.84. The van der Waals surface area contributed by atoms with Gasteiger partial charge in [0.15, 0.2) is 0 Å². The normalized spacial score (nSPS) is 10.0. The minimum absolute atomic E-state index is 0.307. The van der Waals surface area contributed by atoms with Crippen molar-refractivity contribution >= 4 is 5.78 Å². The van der Waals surface area contributed by atoms with E-state index in [0.717, 1.165) is 12.8 Å². The second-order valence-electron chi connectivity index (χ2n) is 2.95. The molecule has 0 unspecified atom stereocenters. The van der Waals surface area contributed by atoms with E-state index in [1.165, 1.54) is 25.7 Å². The minimum Gasteiger partial charge on any atom is -0.300 e. The lowest BCUT2D eigenvalue weighted by atomic mass is 10.1. The Balaban J connectivity index is 2.95. The number of ketones is 1. The molecule has 0 spiro atoms. The lowest BCUT2D eigenvalue weighted by Crippen LogP contribution is -1.94. The molecule has 0 amide bonds. The summed E-state index contributed by atoms with van der Waals surface area (Å²) in [6, 6.07) is 0. The molecule has 1 nitrogen and oxygen atoms in total. The number of Topliss-reactive ketones (excluding diaryl/α,β-unsaturated/α-hetero) is 1. The molecule has 0 aromatic rings. The van der Waals surface area contributed by atoms with Gasteiger partial charge in [-0.2, -0.15) is 0 Å². The second-order valence-corrected chi connectivity index (χ2v) is 2.95. The standard InChI is InChI=1S/C10H19O/c1-3-5-6-7-8-9-10(11)4-2/h2-9H2,1H3. The van der Waals surface area contributed by atoms with Gasteiger partial charge in [0.05, 0.1) is 0 Å². The number of hydrogen-bond acceptors (Lipinski definition) is 1. The zero-order chi connectivity index (χ0) is 8.53. The summed E-state index contributed by atoms with van der Waals surface area (Å²) in [7, 11) is 0. The maximum Gasteiger partial charge on any atom is 0.132 e. The molecule has 11 heavy (non-hydrogen) atoms. The molecule has 0 heterocycles. The number of carbonyl (C=O) groups excluding carboxylic acids is 1. The van der Waals surface area contributed by atoms with E-state index in [4.69, 9.17) is 0 Å². The van der Waals surface area contributed by atoms with E-state index in [0.29, 0.717) is 12.2 Å². The van der Waals surface area contributed by atoms with E-state index < -0.39 is 0 Å². The molecule has 1 heteroatoms. The first-order valence-electron chi connectivity index (χ1n) is 4.62. The Bertz CT molecular complexity index is 97.0. The molecule has 1 radical (unpaired) electrons. The predicted molar refractivity (Wildman–Crippen MR) is 48.4 cm³/mol. The Labute approximate surface area is 70.2 Å². The first kappa shape index (κ1) is 10.7. The molecule has 0 aromatic heterocycles. The molecular weight excluding hydrogens is 136 g/mol. The van der Waals surface area contributed by atoms with Gasteiger partial charge in [0.2, 0.25) is 0 Å². The van der Waals surface area contributed by atoms with Crippen LogP contribution in [0.1, 0.15) is 51.9 Å². The average molecular weight is 155 g/mol. The van der Waals surface area contributed by atoms with Crippen LogP contribution in [0, 0.1) is 6.92 Å². The van der Waals surface area contributed by atoms with Crippen molar-refractivity contribution in [3.63, 3.8) is 0 Å². The Hall–Kier alpha value is -0.330. The van der Waals surface area contributed by atoms with Gasteiger partial charge in [-0.15, -0.1) is 0 Å². The lowest BCUT2D eigenvalue weighted by molar-refractivity contribution is -0.118. The van der Waals surface area contributed by atoms with Gasteiger partial charge in [-0.05, 0) is 13.3 Å². The van der Waals surface area contributed by atoms with E-state index in [2.05, 4.69) is 13.8 Å². The monoisotopic (exact) mass is 155 g/mol. The lowest BCUT2D eigenvalue weighted by Gasteiger charge is -1.97. The molecule has 0 aliphatic heterocycles. The number of carbonyl (C=O) groups is 1. The molecule has 0 atom stereocenters. The zero-order valence-corrected chi connectivity index (χ0v) is 7.57. The van der Waals surface area contributed by atoms with Crippen molar-refractivity contribution in [2.45, 2.75) is 51.9 Å². The summed E-state index contributed by atoms with van der Waals surface area (Å²) < 4.78 is 0. The van der Waals surface area contributed by atoms with Crippen LogP contribution in [0.3, 0.4) is 0 Å². The van der Waals surface area contributed by atoms with Crippen LogP contribution in [0.15, 0.2) is 0 Å². The SMILES string of the molecule is [CH2]CC(=O)CCCCCCC. The Morgan fingerprint density at radius 2 is 1.82 bits per heavy atom. The fourth-order valence-electron chi connectivity index (χ4n) is 1.05. The quantitative estimate of drug-likeness (QED) is 0.516. The summed E-state index contributed by atoms with van der Waals surface area (Å²) in [6.07, 6.45) is 7.33. The van der Waals surface area contributed by atoms with E-state index in [1.54, 1.807) is 0 Å². The number of hydrogen-bond donors (Lipinski definition) is 0. The molecule has 0 saturated heterocycles. The van der Waals surface area contributed by atoms with Crippen molar-refractivity contribution in [1.29, 1.82) is 0 Å². The highest BCUT2D eigenvalue weighted by Gasteiger charge is 1.96. The van der Waals surface area contributed by atoms with Crippen LogP contribution in [0.4, 0.5) is 0 Å². The zero-order valence-electron chi connectivity index (χ0n) is 7.57. The first-order valence-corrected chi connectivity index (χ1v) is 4.62. The molecule has 0 bridgehead atoms. The highest BCUT2D eigenvalue weighted by molar-refractivity contribution is 5.78. The Morgan fingerprint density at radius 3 is 2.36 bits per heavy atom. The summed E-state index contributed by atoms with van der Waals surface area (Å²) in [4.78, 5) is 10.8. The van der Waals surface area contributed by atoms with Crippen LogP contribution in [-0.4, -0.2) is 5.78 Å². The first-order chi connectivity index (χ1) is 5.31. The molecule has 0 aromatic carbocycles. The second kappa shape index (κ2) is 7.77.